The number of anilines is 1. The molecule has 1 saturated carbocycles. The summed E-state index contributed by atoms with van der Waals surface area (Å²) in [7, 11) is 0. The van der Waals surface area contributed by atoms with Gasteiger partial charge in [0.05, 0.1) is 4.05 Å². The van der Waals surface area contributed by atoms with Crippen molar-refractivity contribution in [1.82, 2.24) is 14.9 Å². The second kappa shape index (κ2) is 8.31. The minimum atomic E-state index is 0.305. The number of ketones is 1. The molecule has 5 nitrogen and oxygen atoms in total. The SMILES string of the molecule is CC(=O)[C@H]1CC[C@@H](Cc2cnc(N3C4CCC3CN(C(C)I)C4)nc2)CC1. The Morgan fingerprint density at radius 3 is 2.22 bits per heavy atom. The third-order valence-electron chi connectivity index (χ3n) is 6.88. The topological polar surface area (TPSA) is 49.3 Å². The van der Waals surface area contributed by atoms with E-state index in [4.69, 9.17) is 9.97 Å². The number of Topliss-reactive ketones (excluding diaryl/α,β-unsaturated/α-hetero) is 1. The van der Waals surface area contributed by atoms with Crippen molar-refractivity contribution in [2.24, 2.45) is 11.8 Å². The van der Waals surface area contributed by atoms with E-state index in [0.29, 0.717) is 33.8 Å². The van der Waals surface area contributed by atoms with Crippen LogP contribution in [0.15, 0.2) is 12.4 Å². The van der Waals surface area contributed by atoms with Gasteiger partial charge in [0.2, 0.25) is 5.95 Å². The number of nitrogens with zero attached hydrogens (tertiary/aromatic N) is 4. The van der Waals surface area contributed by atoms with Crippen molar-refractivity contribution in [2.75, 3.05) is 18.0 Å². The molecule has 0 radical (unpaired) electrons. The fourth-order valence-corrected chi connectivity index (χ4v) is 5.70. The lowest BCUT2D eigenvalue weighted by Gasteiger charge is -2.42. The highest BCUT2D eigenvalue weighted by atomic mass is 127. The molecule has 6 heteroatoms. The van der Waals surface area contributed by atoms with Crippen LogP contribution in [0, 0.1) is 11.8 Å². The fourth-order valence-electron chi connectivity index (χ4n) is 5.25. The van der Waals surface area contributed by atoms with Gasteiger partial charge in [-0.3, -0.25) is 9.69 Å². The van der Waals surface area contributed by atoms with E-state index in [0.717, 1.165) is 51.1 Å². The maximum Gasteiger partial charge on any atom is 0.225 e. The van der Waals surface area contributed by atoms with Crippen molar-refractivity contribution in [3.63, 3.8) is 0 Å². The molecular formula is C21H31IN4O. The van der Waals surface area contributed by atoms with Crippen molar-refractivity contribution in [2.45, 2.75) is 74.9 Å². The minimum absolute atomic E-state index is 0.305. The molecular weight excluding hydrogens is 451 g/mol. The highest BCUT2D eigenvalue weighted by Crippen LogP contribution is 2.35. The summed E-state index contributed by atoms with van der Waals surface area (Å²) in [6, 6.07) is 1.13. The van der Waals surface area contributed by atoms with Gasteiger partial charge in [0, 0.05) is 43.5 Å². The Bertz CT molecular complexity index is 643. The first-order valence-electron chi connectivity index (χ1n) is 10.5. The maximum absolute atomic E-state index is 11.5. The van der Waals surface area contributed by atoms with Gasteiger partial charge in [-0.15, -0.1) is 0 Å². The molecule has 0 N–H and O–H groups in total. The summed E-state index contributed by atoms with van der Waals surface area (Å²) in [4.78, 5) is 26.1. The number of piperazine rings is 1. The molecule has 27 heavy (non-hydrogen) atoms. The lowest BCUT2D eigenvalue weighted by atomic mass is 9.78. The number of rotatable bonds is 5. The zero-order valence-electron chi connectivity index (χ0n) is 16.5. The Hall–Kier alpha value is -0.760. The highest BCUT2D eigenvalue weighted by Gasteiger charge is 2.42. The molecule has 1 aromatic heterocycles. The van der Waals surface area contributed by atoms with E-state index in [1.165, 1.54) is 18.4 Å². The van der Waals surface area contributed by atoms with Crippen molar-refractivity contribution in [3.8, 4) is 0 Å². The average Bonchev–Trinajstić information content (AvgIpc) is 2.92. The molecule has 2 bridgehead atoms. The van der Waals surface area contributed by atoms with Crippen LogP contribution >= 0.6 is 22.6 Å². The number of carbonyl (C=O) groups excluding carboxylic acids is 1. The van der Waals surface area contributed by atoms with Crippen LogP contribution in [0.4, 0.5) is 5.95 Å². The minimum Gasteiger partial charge on any atom is -0.332 e. The molecule has 3 unspecified atom stereocenters. The predicted molar refractivity (Wildman–Crippen MR) is 116 cm³/mol. The van der Waals surface area contributed by atoms with E-state index >= 15 is 0 Å². The standard InChI is InChI=1S/C21H31IN4O/c1-14(27)18-5-3-16(4-6-18)9-17-10-23-21(24-11-17)26-19-7-8-20(26)13-25(12-19)15(2)22/h10-11,15-16,18-20H,3-9,12-13H2,1-2H3/t15?,16-,18+,19?,20?. The van der Waals surface area contributed by atoms with Crippen molar-refractivity contribution in [3.05, 3.63) is 18.0 Å². The average molecular weight is 482 g/mol. The van der Waals surface area contributed by atoms with Crippen LogP contribution in [0.5, 0.6) is 0 Å². The summed E-state index contributed by atoms with van der Waals surface area (Å²) in [5.41, 5.74) is 1.25. The number of hydrogen-bond acceptors (Lipinski definition) is 5. The summed E-state index contributed by atoms with van der Waals surface area (Å²) in [6.07, 6.45) is 12.1. The van der Waals surface area contributed by atoms with Gasteiger partial charge < -0.3 is 4.90 Å². The van der Waals surface area contributed by atoms with Crippen LogP contribution in [-0.4, -0.2) is 49.9 Å². The highest BCUT2D eigenvalue weighted by molar-refractivity contribution is 14.1. The van der Waals surface area contributed by atoms with Crippen LogP contribution in [0.2, 0.25) is 0 Å². The summed E-state index contributed by atoms with van der Waals surface area (Å²) in [5.74, 6) is 2.28. The van der Waals surface area contributed by atoms with Gasteiger partial charge in [0.25, 0.3) is 0 Å². The van der Waals surface area contributed by atoms with E-state index in [9.17, 15) is 4.79 Å². The predicted octanol–water partition coefficient (Wildman–Crippen LogP) is 3.85. The number of halogens is 1. The zero-order valence-corrected chi connectivity index (χ0v) is 18.6. The van der Waals surface area contributed by atoms with Crippen LogP contribution in [0.25, 0.3) is 0 Å². The van der Waals surface area contributed by atoms with E-state index in [1.807, 2.05) is 12.4 Å². The largest absolute Gasteiger partial charge is 0.332 e. The molecule has 2 aliphatic heterocycles. The number of hydrogen-bond donors (Lipinski definition) is 0. The first kappa shape index (κ1) is 19.6. The molecule has 0 aromatic carbocycles. The van der Waals surface area contributed by atoms with Crippen molar-refractivity contribution >= 4 is 34.3 Å². The van der Waals surface area contributed by atoms with Crippen LogP contribution in [0.3, 0.4) is 0 Å². The van der Waals surface area contributed by atoms with Gasteiger partial charge in [0.1, 0.15) is 5.78 Å². The van der Waals surface area contributed by atoms with Gasteiger partial charge >= 0.3 is 0 Å². The summed E-state index contributed by atoms with van der Waals surface area (Å²) >= 11 is 2.52. The van der Waals surface area contributed by atoms with Crippen LogP contribution < -0.4 is 4.90 Å². The molecule has 3 aliphatic rings. The van der Waals surface area contributed by atoms with Crippen molar-refractivity contribution in [1.29, 1.82) is 0 Å². The van der Waals surface area contributed by atoms with Gasteiger partial charge in [0.15, 0.2) is 0 Å². The van der Waals surface area contributed by atoms with E-state index in [-0.39, 0.29) is 0 Å². The third-order valence-corrected chi connectivity index (χ3v) is 7.67. The summed E-state index contributed by atoms with van der Waals surface area (Å²) in [6.45, 7) is 6.28. The summed E-state index contributed by atoms with van der Waals surface area (Å²) < 4.78 is 0.592. The number of aromatic nitrogens is 2. The molecule has 0 amide bonds. The van der Waals surface area contributed by atoms with Gasteiger partial charge in [-0.05, 0) is 70.3 Å². The summed E-state index contributed by atoms with van der Waals surface area (Å²) in [5, 5.41) is 0. The van der Waals surface area contributed by atoms with E-state index < -0.39 is 0 Å². The molecule has 0 spiro atoms. The smallest absolute Gasteiger partial charge is 0.225 e. The maximum atomic E-state index is 11.5. The zero-order chi connectivity index (χ0) is 19.0. The number of alkyl halides is 1. The third kappa shape index (κ3) is 4.31. The van der Waals surface area contributed by atoms with E-state index in [2.05, 4.69) is 39.3 Å². The van der Waals surface area contributed by atoms with Gasteiger partial charge in [-0.2, -0.15) is 0 Å². The monoisotopic (exact) mass is 482 g/mol. The first-order chi connectivity index (χ1) is 13.0. The molecule has 4 rings (SSSR count). The molecule has 1 aliphatic carbocycles. The molecule has 3 atom stereocenters. The molecule has 1 aromatic rings. The van der Waals surface area contributed by atoms with E-state index in [1.54, 1.807) is 6.92 Å². The lowest BCUT2D eigenvalue weighted by molar-refractivity contribution is -0.121. The number of carbonyl (C=O) groups is 1. The Morgan fingerprint density at radius 2 is 1.70 bits per heavy atom. The normalized spacial score (nSPS) is 32.5. The quantitative estimate of drug-likeness (QED) is 0.363. The number of fused-ring (bicyclic) bond motifs is 2. The fraction of sp³-hybridized carbons (Fsp3) is 0.762. The first-order valence-corrected chi connectivity index (χ1v) is 11.7. The Morgan fingerprint density at radius 1 is 1.11 bits per heavy atom. The second-order valence-corrected chi connectivity index (χ2v) is 10.5. The van der Waals surface area contributed by atoms with Gasteiger partial charge in [-0.1, -0.05) is 22.6 Å². The van der Waals surface area contributed by atoms with Crippen molar-refractivity contribution < 1.29 is 4.79 Å². The number of likely N-dealkylation sites (tertiary alicyclic amines) is 1. The van der Waals surface area contributed by atoms with Gasteiger partial charge in [-0.25, -0.2) is 9.97 Å². The Labute approximate surface area is 176 Å². The van der Waals surface area contributed by atoms with Crippen LogP contribution in [0.1, 0.15) is 57.9 Å². The molecule has 3 fully saturated rings. The molecule has 2 saturated heterocycles. The second-order valence-electron chi connectivity index (χ2n) is 8.74. The molecule has 148 valence electrons. The lowest BCUT2D eigenvalue weighted by Crippen LogP contribution is -2.55. The Kier molecular flexibility index (Phi) is 6.02. The molecule has 3 heterocycles. The van der Waals surface area contributed by atoms with Crippen LogP contribution in [-0.2, 0) is 11.2 Å². The Balaban J connectivity index is 1.35.